The Hall–Kier alpha value is -0.721. The van der Waals surface area contributed by atoms with Crippen LogP contribution in [0.2, 0.25) is 0 Å². The van der Waals surface area contributed by atoms with Gasteiger partial charge in [0.25, 0.3) is 0 Å². The molecule has 1 aromatic rings. The van der Waals surface area contributed by atoms with Crippen molar-refractivity contribution in [2.45, 2.75) is 19.8 Å². The predicted octanol–water partition coefficient (Wildman–Crippen LogP) is 2.11. The zero-order valence-corrected chi connectivity index (χ0v) is 10.2. The van der Waals surface area contributed by atoms with Crippen LogP contribution in [0.3, 0.4) is 0 Å². The summed E-state index contributed by atoms with van der Waals surface area (Å²) < 4.78 is 2.80. The molecule has 0 radical (unpaired) electrons. The van der Waals surface area contributed by atoms with E-state index in [1.165, 1.54) is 27.6 Å². The molecule has 74 valence electrons. The molecule has 1 aromatic carbocycles. The third kappa shape index (κ3) is 1.73. The Morgan fingerprint density at radius 2 is 2.14 bits per heavy atom. The summed E-state index contributed by atoms with van der Waals surface area (Å²) in [5.41, 5.74) is 1.39. The fraction of sp³-hybridized carbons (Fsp3) is 0.333. The number of para-hydroxylation sites is 1. The summed E-state index contributed by atoms with van der Waals surface area (Å²) in [5, 5.41) is 0. The van der Waals surface area contributed by atoms with E-state index in [-0.39, 0.29) is 0 Å². The zero-order chi connectivity index (χ0) is 9.97. The molecule has 2 heteroatoms. The third-order valence-electron chi connectivity index (χ3n) is 2.42. The van der Waals surface area contributed by atoms with Crippen molar-refractivity contribution in [3.63, 3.8) is 0 Å². The molecule has 0 atom stereocenters. The quantitative estimate of drug-likeness (QED) is 0.745. The average molecular weight is 252 g/mol. The molecule has 0 aromatic heterocycles. The molecule has 0 spiro atoms. The van der Waals surface area contributed by atoms with Gasteiger partial charge in [0, 0.05) is 0 Å². The van der Waals surface area contributed by atoms with Gasteiger partial charge in [-0.2, -0.15) is 0 Å². The van der Waals surface area contributed by atoms with Crippen molar-refractivity contribution in [2.24, 2.45) is 0 Å². The van der Waals surface area contributed by atoms with Gasteiger partial charge in [0.15, 0.2) is 0 Å². The van der Waals surface area contributed by atoms with Crippen molar-refractivity contribution < 1.29 is 0 Å². The second-order valence-corrected chi connectivity index (χ2v) is 5.81. The first kappa shape index (κ1) is 9.82. The Balaban J connectivity index is 2.21. The van der Waals surface area contributed by atoms with Gasteiger partial charge in [-0.1, -0.05) is 0 Å². The molecule has 0 unspecified atom stereocenters. The molecule has 1 aliphatic heterocycles. The monoisotopic (exact) mass is 253 g/mol. The van der Waals surface area contributed by atoms with E-state index in [9.17, 15) is 0 Å². The maximum atomic E-state index is 4.16. The van der Waals surface area contributed by atoms with Crippen LogP contribution < -0.4 is 9.36 Å². The van der Waals surface area contributed by atoms with Crippen molar-refractivity contribution >= 4 is 25.1 Å². The molecule has 1 nitrogen and oxygen atoms in total. The summed E-state index contributed by atoms with van der Waals surface area (Å²) in [6, 6.07) is 8.68. The summed E-state index contributed by atoms with van der Waals surface area (Å²) in [6.45, 7) is 7.52. The van der Waals surface area contributed by atoms with Gasteiger partial charge in [-0.15, -0.1) is 0 Å². The molecule has 0 fully saturated rings. The summed E-state index contributed by atoms with van der Waals surface area (Å²) in [5.74, 6) is 0. The molecule has 0 bridgehead atoms. The number of benzene rings is 1. The molecule has 2 rings (SSSR count). The van der Waals surface area contributed by atoms with E-state index >= 15 is 0 Å². The normalized spacial score (nSPS) is 14.6. The third-order valence-corrected chi connectivity index (χ3v) is 4.56. The zero-order valence-electron chi connectivity index (χ0n) is 8.49. The molecule has 0 amide bonds. The van der Waals surface area contributed by atoms with E-state index in [1.54, 1.807) is 0 Å². The topological polar surface area (TPSA) is 3.24 Å². The number of nitrogens with zero attached hydrogens (tertiary/aromatic N) is 1. The van der Waals surface area contributed by atoms with Crippen LogP contribution in [0.25, 0.3) is 0 Å². The molecule has 1 aliphatic rings. The fourth-order valence-corrected chi connectivity index (χ4v) is 3.71. The van der Waals surface area contributed by atoms with E-state index in [1.807, 2.05) is 0 Å². The number of hydrogen-bond acceptors (Lipinski definition) is 1. The molecule has 1 heterocycles. The summed E-state index contributed by atoms with van der Waals surface area (Å²) in [7, 11) is 0. The van der Waals surface area contributed by atoms with Gasteiger partial charge >= 0.3 is 91.8 Å². The second kappa shape index (κ2) is 4.20. The van der Waals surface area contributed by atoms with E-state index in [4.69, 9.17) is 0 Å². The minimum atomic E-state index is 0.463. The average Bonchev–Trinajstić information content (AvgIpc) is 2.51. The van der Waals surface area contributed by atoms with E-state index in [0.29, 0.717) is 15.0 Å². The molecule has 0 saturated carbocycles. The van der Waals surface area contributed by atoms with Crippen molar-refractivity contribution in [3.05, 3.63) is 35.4 Å². The van der Waals surface area contributed by atoms with Crippen molar-refractivity contribution in [1.29, 1.82) is 0 Å². The van der Waals surface area contributed by atoms with Crippen LogP contribution in [0.4, 0.5) is 5.69 Å². The van der Waals surface area contributed by atoms with Crippen LogP contribution in [-0.2, 0) is 0 Å². The molecular weight excluding hydrogens is 237 g/mol. The van der Waals surface area contributed by atoms with Crippen LogP contribution in [0.1, 0.15) is 19.8 Å². The Bertz CT molecular complexity index is 346. The Kier molecular flexibility index (Phi) is 2.95. The van der Waals surface area contributed by atoms with Crippen LogP contribution in [0.15, 0.2) is 35.4 Å². The first-order valence-corrected chi connectivity index (χ1v) is 6.77. The van der Waals surface area contributed by atoms with Crippen molar-refractivity contribution in [2.75, 3.05) is 11.4 Å². The molecule has 0 N–H and O–H groups in total. The van der Waals surface area contributed by atoms with Gasteiger partial charge in [-0.05, 0) is 0 Å². The Morgan fingerprint density at radius 3 is 2.93 bits per heavy atom. The fourth-order valence-electron chi connectivity index (χ4n) is 1.64. The van der Waals surface area contributed by atoms with Gasteiger partial charge in [-0.25, -0.2) is 0 Å². The van der Waals surface area contributed by atoms with Crippen LogP contribution >= 0.6 is 0 Å². The first-order valence-electron chi connectivity index (χ1n) is 5.06. The van der Waals surface area contributed by atoms with E-state index < -0.39 is 0 Å². The van der Waals surface area contributed by atoms with Gasteiger partial charge in [-0.3, -0.25) is 0 Å². The van der Waals surface area contributed by atoms with E-state index in [0.717, 1.165) is 6.54 Å². The standard InChI is InChI=1S/C12H15NSe/c1-3-4-9-13-10(2)14-12-8-6-5-7-11(12)13/h5-8H,2-4,9H2,1H3. The first-order chi connectivity index (χ1) is 6.83. The van der Waals surface area contributed by atoms with Crippen molar-refractivity contribution in [3.8, 4) is 0 Å². The Morgan fingerprint density at radius 1 is 1.36 bits per heavy atom. The molecule has 0 aliphatic carbocycles. The number of hydrogen-bond donors (Lipinski definition) is 0. The number of fused-ring (bicyclic) bond motifs is 1. The van der Waals surface area contributed by atoms with Gasteiger partial charge in [0.05, 0.1) is 0 Å². The molecule has 14 heavy (non-hydrogen) atoms. The summed E-state index contributed by atoms with van der Waals surface area (Å²) >= 11 is 0.463. The number of unbranched alkanes of at least 4 members (excludes halogenated alkanes) is 1. The van der Waals surface area contributed by atoms with E-state index in [2.05, 4.69) is 42.7 Å². The number of anilines is 1. The molecular formula is C12H15NSe. The SMILES string of the molecule is C=C1[Se]c2ccccc2N1CCCC. The summed E-state index contributed by atoms with van der Waals surface area (Å²) in [4.78, 5) is 2.39. The minimum absolute atomic E-state index is 0.463. The Labute approximate surface area is 92.0 Å². The maximum absolute atomic E-state index is 4.16. The van der Waals surface area contributed by atoms with Crippen LogP contribution in [0.5, 0.6) is 0 Å². The summed E-state index contributed by atoms with van der Waals surface area (Å²) in [6.07, 6.45) is 2.50. The number of rotatable bonds is 3. The van der Waals surface area contributed by atoms with Gasteiger partial charge in [0.1, 0.15) is 0 Å². The second-order valence-electron chi connectivity index (χ2n) is 3.47. The van der Waals surface area contributed by atoms with Gasteiger partial charge in [0.2, 0.25) is 0 Å². The van der Waals surface area contributed by atoms with Crippen LogP contribution in [0, 0.1) is 0 Å². The predicted molar refractivity (Wildman–Crippen MR) is 63.2 cm³/mol. The molecule has 0 saturated heterocycles. The van der Waals surface area contributed by atoms with Crippen molar-refractivity contribution in [1.82, 2.24) is 0 Å². The van der Waals surface area contributed by atoms with Gasteiger partial charge < -0.3 is 0 Å². The van der Waals surface area contributed by atoms with Crippen LogP contribution in [-0.4, -0.2) is 21.5 Å².